The van der Waals surface area contributed by atoms with Crippen LogP contribution >= 0.6 is 0 Å². The van der Waals surface area contributed by atoms with E-state index in [9.17, 15) is 14.7 Å². The molecule has 1 aliphatic rings. The van der Waals surface area contributed by atoms with Gasteiger partial charge in [-0.3, -0.25) is 9.69 Å². The number of nitrogens with one attached hydrogen (secondary N) is 1. The van der Waals surface area contributed by atoms with Gasteiger partial charge in [-0.15, -0.1) is 0 Å². The highest BCUT2D eigenvalue weighted by Crippen LogP contribution is 2.37. The normalized spacial score (nSPS) is 16.7. The van der Waals surface area contributed by atoms with Gasteiger partial charge in [0.2, 0.25) is 0 Å². The summed E-state index contributed by atoms with van der Waals surface area (Å²) in [5.74, 6) is -1.22. The third kappa shape index (κ3) is 3.36. The molecule has 25 heavy (non-hydrogen) atoms. The van der Waals surface area contributed by atoms with E-state index in [4.69, 9.17) is 0 Å². The second-order valence-electron chi connectivity index (χ2n) is 6.82. The van der Waals surface area contributed by atoms with Crippen molar-refractivity contribution in [3.05, 3.63) is 60.2 Å². The Morgan fingerprint density at radius 2 is 1.76 bits per heavy atom. The maximum absolute atomic E-state index is 13.0. The van der Waals surface area contributed by atoms with E-state index < -0.39 is 17.6 Å². The minimum absolute atomic E-state index is 0.230. The smallest absolute Gasteiger partial charge is 0.326 e. The lowest BCUT2D eigenvalue weighted by Gasteiger charge is -2.42. The molecule has 1 amide bonds. The van der Waals surface area contributed by atoms with Gasteiger partial charge in [-0.05, 0) is 44.4 Å². The molecule has 0 radical (unpaired) electrons. The second-order valence-corrected chi connectivity index (χ2v) is 6.82. The summed E-state index contributed by atoms with van der Waals surface area (Å²) in [6, 6.07) is 16.2. The van der Waals surface area contributed by atoms with Crippen LogP contribution in [0.15, 0.2) is 54.6 Å². The zero-order valence-electron chi connectivity index (χ0n) is 14.4. The number of carboxylic acids is 1. The molecule has 5 nitrogen and oxygen atoms in total. The van der Waals surface area contributed by atoms with Gasteiger partial charge >= 0.3 is 5.97 Å². The first-order valence-corrected chi connectivity index (χ1v) is 8.38. The van der Waals surface area contributed by atoms with Crippen LogP contribution in [0.25, 0.3) is 0 Å². The Balaban J connectivity index is 1.94. The fraction of sp³-hybridized carbons (Fsp3) is 0.300. The average Bonchev–Trinajstić information content (AvgIpc) is 2.58. The quantitative estimate of drug-likeness (QED) is 0.877. The molecular weight excluding hydrogens is 316 g/mol. The first kappa shape index (κ1) is 17.0. The number of aryl methyl sites for hydroxylation is 1. The van der Waals surface area contributed by atoms with Gasteiger partial charge in [0.1, 0.15) is 11.6 Å². The first-order chi connectivity index (χ1) is 11.9. The highest BCUT2D eigenvalue weighted by atomic mass is 16.4. The number of aliphatic carboxylic acids is 1. The van der Waals surface area contributed by atoms with E-state index in [0.717, 1.165) is 11.3 Å². The fourth-order valence-corrected chi connectivity index (χ4v) is 3.21. The molecule has 0 saturated heterocycles. The summed E-state index contributed by atoms with van der Waals surface area (Å²) in [5, 5.41) is 13.0. The van der Waals surface area contributed by atoms with Gasteiger partial charge in [-0.25, -0.2) is 4.79 Å². The van der Waals surface area contributed by atoms with Crippen LogP contribution in [-0.4, -0.2) is 28.6 Å². The molecule has 5 heteroatoms. The largest absolute Gasteiger partial charge is 0.480 e. The number of amides is 1. The van der Waals surface area contributed by atoms with Crippen LogP contribution < -0.4 is 10.2 Å². The molecule has 0 spiro atoms. The lowest BCUT2D eigenvalue weighted by molar-refractivity contribution is -0.140. The zero-order valence-corrected chi connectivity index (χ0v) is 14.4. The molecule has 3 rings (SSSR count). The predicted molar refractivity (Wildman–Crippen MR) is 97.8 cm³/mol. The molecular formula is C20H22N2O3. The van der Waals surface area contributed by atoms with E-state index in [2.05, 4.69) is 5.32 Å². The Kier molecular flexibility index (Phi) is 4.49. The number of carbonyl (C=O) groups is 2. The fourth-order valence-electron chi connectivity index (χ4n) is 3.21. The maximum Gasteiger partial charge on any atom is 0.326 e. The van der Waals surface area contributed by atoms with Gasteiger partial charge in [0.15, 0.2) is 0 Å². The highest BCUT2D eigenvalue weighted by molar-refractivity contribution is 6.10. The topological polar surface area (TPSA) is 69.6 Å². The molecule has 1 atom stereocenters. The van der Waals surface area contributed by atoms with Crippen molar-refractivity contribution in [2.75, 3.05) is 10.2 Å². The summed E-state index contributed by atoms with van der Waals surface area (Å²) in [6.07, 6.45) is 0.951. The lowest BCUT2D eigenvalue weighted by atomic mass is 9.94. The zero-order chi connectivity index (χ0) is 18.0. The van der Waals surface area contributed by atoms with Crippen molar-refractivity contribution in [2.24, 2.45) is 0 Å². The van der Waals surface area contributed by atoms with E-state index in [0.29, 0.717) is 18.5 Å². The van der Waals surface area contributed by atoms with E-state index >= 15 is 0 Å². The summed E-state index contributed by atoms with van der Waals surface area (Å²) in [5.41, 5.74) is 1.60. The Labute approximate surface area is 147 Å². The number of carboxylic acid groups (broad SMARTS) is 1. The number of fused-ring (bicyclic) bond motifs is 1. The molecule has 0 aliphatic carbocycles. The van der Waals surface area contributed by atoms with E-state index in [1.54, 1.807) is 19.9 Å². The Morgan fingerprint density at radius 1 is 1.12 bits per heavy atom. The lowest BCUT2D eigenvalue weighted by Crippen LogP contribution is -2.59. The van der Waals surface area contributed by atoms with Crippen LogP contribution in [-0.2, 0) is 16.0 Å². The van der Waals surface area contributed by atoms with Crippen LogP contribution in [0.1, 0.15) is 25.8 Å². The summed E-state index contributed by atoms with van der Waals surface area (Å²) in [7, 11) is 0. The molecule has 2 aromatic rings. The third-order valence-corrected chi connectivity index (χ3v) is 4.51. The Hall–Kier alpha value is -2.82. The van der Waals surface area contributed by atoms with Crippen LogP contribution in [0.4, 0.5) is 11.4 Å². The molecule has 0 aromatic heterocycles. The van der Waals surface area contributed by atoms with Crippen LogP contribution in [0.5, 0.6) is 0 Å². The molecule has 2 aromatic carbocycles. The summed E-state index contributed by atoms with van der Waals surface area (Å²) in [6.45, 7) is 3.54. The average molecular weight is 338 g/mol. The molecule has 130 valence electrons. The van der Waals surface area contributed by atoms with Crippen molar-refractivity contribution >= 4 is 23.3 Å². The van der Waals surface area contributed by atoms with E-state index in [1.807, 2.05) is 48.5 Å². The summed E-state index contributed by atoms with van der Waals surface area (Å²) < 4.78 is 0. The first-order valence-electron chi connectivity index (χ1n) is 8.38. The number of nitrogens with zero attached hydrogens (tertiary/aromatic N) is 1. The summed E-state index contributed by atoms with van der Waals surface area (Å²) >= 11 is 0. The van der Waals surface area contributed by atoms with Crippen molar-refractivity contribution in [1.82, 2.24) is 0 Å². The van der Waals surface area contributed by atoms with Gasteiger partial charge in [-0.1, -0.05) is 42.5 Å². The molecule has 0 saturated carbocycles. The van der Waals surface area contributed by atoms with Crippen molar-refractivity contribution < 1.29 is 14.7 Å². The number of rotatable bonds is 5. The highest BCUT2D eigenvalue weighted by Gasteiger charge is 2.43. The van der Waals surface area contributed by atoms with Gasteiger partial charge in [0, 0.05) is 0 Å². The van der Waals surface area contributed by atoms with Crippen molar-refractivity contribution in [3.63, 3.8) is 0 Å². The van der Waals surface area contributed by atoms with Crippen LogP contribution in [0.3, 0.4) is 0 Å². The second kappa shape index (κ2) is 6.59. The van der Waals surface area contributed by atoms with Gasteiger partial charge in [0.25, 0.3) is 5.91 Å². The molecule has 1 aliphatic heterocycles. The van der Waals surface area contributed by atoms with Crippen LogP contribution in [0, 0.1) is 0 Å². The van der Waals surface area contributed by atoms with Gasteiger partial charge in [-0.2, -0.15) is 0 Å². The molecule has 0 bridgehead atoms. The number of para-hydroxylation sites is 2. The van der Waals surface area contributed by atoms with Gasteiger partial charge < -0.3 is 10.4 Å². The Bertz CT molecular complexity index is 787. The van der Waals surface area contributed by atoms with Crippen LogP contribution in [0.2, 0.25) is 0 Å². The number of benzene rings is 2. The molecule has 2 N–H and O–H groups in total. The molecule has 1 unspecified atom stereocenters. The standard InChI is InChI=1S/C20H22N2O3/c1-20(2)19(25)22(16-11-7-6-10-15(16)21-20)17(18(23)24)13-12-14-8-4-3-5-9-14/h3-11,17,21H,12-13H2,1-2H3,(H,23,24). The number of hydrogen-bond acceptors (Lipinski definition) is 3. The molecule has 0 fully saturated rings. The summed E-state index contributed by atoms with van der Waals surface area (Å²) in [4.78, 5) is 26.4. The maximum atomic E-state index is 13.0. The van der Waals surface area contributed by atoms with Crippen molar-refractivity contribution in [3.8, 4) is 0 Å². The predicted octanol–water partition coefficient (Wildman–Crippen LogP) is 3.31. The third-order valence-electron chi connectivity index (χ3n) is 4.51. The van der Waals surface area contributed by atoms with E-state index in [-0.39, 0.29) is 5.91 Å². The van der Waals surface area contributed by atoms with Crippen molar-refractivity contribution in [1.29, 1.82) is 0 Å². The number of anilines is 2. The van der Waals surface area contributed by atoms with Crippen molar-refractivity contribution in [2.45, 2.75) is 38.3 Å². The van der Waals surface area contributed by atoms with E-state index in [1.165, 1.54) is 4.90 Å². The monoisotopic (exact) mass is 338 g/mol. The van der Waals surface area contributed by atoms with Gasteiger partial charge in [0.05, 0.1) is 11.4 Å². The minimum Gasteiger partial charge on any atom is -0.480 e. The molecule has 1 heterocycles. The SMILES string of the molecule is CC1(C)Nc2ccccc2N(C(CCc2ccccc2)C(=O)O)C1=O. The number of hydrogen-bond donors (Lipinski definition) is 2. The number of carbonyl (C=O) groups excluding carboxylic acids is 1. The Morgan fingerprint density at radius 3 is 2.44 bits per heavy atom. The minimum atomic E-state index is -0.989.